The van der Waals surface area contributed by atoms with Crippen molar-refractivity contribution >= 4 is 11.6 Å². The smallest absolute Gasteiger partial charge is 0.265 e. The predicted octanol–water partition coefficient (Wildman–Crippen LogP) is 3.54. The maximum absolute atomic E-state index is 12.4. The van der Waals surface area contributed by atoms with Gasteiger partial charge in [-0.2, -0.15) is 0 Å². The normalized spacial score (nSPS) is 11.6. The number of para-hydroxylation sites is 2. The second kappa shape index (κ2) is 8.15. The largest absolute Gasteiger partial charge is 0.492 e. The molecule has 0 unspecified atom stereocenters. The summed E-state index contributed by atoms with van der Waals surface area (Å²) in [5, 5.41) is 10.3. The number of carbonyl (C=O) groups is 1. The highest BCUT2D eigenvalue weighted by atomic mass is 16.5. The number of anilines is 1. The molecule has 1 heterocycles. The molecule has 0 aliphatic rings. The van der Waals surface area contributed by atoms with E-state index in [1.807, 2.05) is 19.1 Å². The summed E-state index contributed by atoms with van der Waals surface area (Å²) >= 11 is 0. The minimum atomic E-state index is -0.682. The van der Waals surface area contributed by atoms with Crippen LogP contribution in [0, 0.1) is 0 Å². The summed E-state index contributed by atoms with van der Waals surface area (Å²) in [6, 6.07) is 14.4. The highest BCUT2D eigenvalue weighted by Crippen LogP contribution is 2.25. The summed E-state index contributed by atoms with van der Waals surface area (Å²) in [6.07, 6.45) is 0.589. The third-order valence-electron chi connectivity index (χ3n) is 3.59. The first-order valence-electron chi connectivity index (χ1n) is 8.23. The molecule has 7 nitrogen and oxygen atoms in total. The van der Waals surface area contributed by atoms with E-state index in [4.69, 9.17) is 13.9 Å². The number of aromatic nitrogens is 2. The van der Waals surface area contributed by atoms with Gasteiger partial charge in [0, 0.05) is 5.56 Å². The van der Waals surface area contributed by atoms with Crippen LogP contribution in [0.15, 0.2) is 59.3 Å². The highest BCUT2D eigenvalue weighted by Gasteiger charge is 2.17. The van der Waals surface area contributed by atoms with Gasteiger partial charge in [0.1, 0.15) is 11.5 Å². The van der Waals surface area contributed by atoms with E-state index in [0.29, 0.717) is 29.7 Å². The van der Waals surface area contributed by atoms with Crippen molar-refractivity contribution in [1.82, 2.24) is 10.2 Å². The van der Waals surface area contributed by atoms with Crippen molar-refractivity contribution in [3.63, 3.8) is 0 Å². The number of benzene rings is 2. The van der Waals surface area contributed by atoms with Crippen molar-refractivity contribution in [2.45, 2.75) is 20.0 Å². The van der Waals surface area contributed by atoms with Gasteiger partial charge in [-0.15, -0.1) is 10.2 Å². The molecular weight excluding hydrogens is 334 g/mol. The van der Waals surface area contributed by atoms with Crippen molar-refractivity contribution in [3.8, 4) is 23.0 Å². The molecular formula is C19H19N3O4. The van der Waals surface area contributed by atoms with Crippen molar-refractivity contribution in [1.29, 1.82) is 0 Å². The first-order chi connectivity index (χ1) is 12.7. The molecule has 3 aromatic rings. The highest BCUT2D eigenvalue weighted by molar-refractivity contribution is 5.95. The maximum Gasteiger partial charge on any atom is 0.265 e. The second-order valence-electron chi connectivity index (χ2n) is 5.45. The Hall–Kier alpha value is -3.35. The van der Waals surface area contributed by atoms with Crippen LogP contribution < -0.4 is 14.8 Å². The Morgan fingerprint density at radius 1 is 1.19 bits per heavy atom. The van der Waals surface area contributed by atoms with Crippen LogP contribution in [0.3, 0.4) is 0 Å². The van der Waals surface area contributed by atoms with Gasteiger partial charge in [0.05, 0.1) is 12.3 Å². The van der Waals surface area contributed by atoms with Gasteiger partial charge < -0.3 is 19.2 Å². The van der Waals surface area contributed by atoms with Crippen LogP contribution in [0.2, 0.25) is 0 Å². The lowest BCUT2D eigenvalue weighted by Crippen LogP contribution is -2.30. The summed E-state index contributed by atoms with van der Waals surface area (Å²) in [4.78, 5) is 12.4. The summed E-state index contributed by atoms with van der Waals surface area (Å²) in [7, 11) is 0. The van der Waals surface area contributed by atoms with Crippen molar-refractivity contribution < 1.29 is 18.7 Å². The van der Waals surface area contributed by atoms with Crippen molar-refractivity contribution in [2.24, 2.45) is 0 Å². The number of rotatable bonds is 7. The third-order valence-corrected chi connectivity index (χ3v) is 3.59. The zero-order chi connectivity index (χ0) is 18.4. The lowest BCUT2D eigenvalue weighted by atomic mass is 10.2. The Bertz CT molecular complexity index is 847. The number of nitrogens with zero attached hydrogens (tertiary/aromatic N) is 2. The molecule has 1 aromatic heterocycles. The van der Waals surface area contributed by atoms with Crippen LogP contribution in [0.1, 0.15) is 13.8 Å². The van der Waals surface area contributed by atoms with Crippen LogP contribution in [-0.2, 0) is 4.79 Å². The standard InChI is InChI=1S/C19H19N3O4/c1-3-24-17-7-5-4-6-16(17)21-18(23)13(2)26-15-10-8-14(9-11-15)19-22-20-12-25-19/h4-13H,3H2,1-2H3,(H,21,23)/t13-/m1/s1. The average Bonchev–Trinajstić information content (AvgIpc) is 3.19. The fourth-order valence-electron chi connectivity index (χ4n) is 2.32. The van der Waals surface area contributed by atoms with Gasteiger partial charge in [0.15, 0.2) is 6.10 Å². The Balaban J connectivity index is 1.62. The van der Waals surface area contributed by atoms with E-state index in [-0.39, 0.29) is 5.91 Å². The van der Waals surface area contributed by atoms with E-state index in [1.54, 1.807) is 43.3 Å². The summed E-state index contributed by atoms with van der Waals surface area (Å²) in [5.74, 6) is 1.35. The lowest BCUT2D eigenvalue weighted by molar-refractivity contribution is -0.122. The molecule has 0 saturated heterocycles. The topological polar surface area (TPSA) is 86.5 Å². The van der Waals surface area contributed by atoms with Gasteiger partial charge in [0.25, 0.3) is 5.91 Å². The molecule has 1 N–H and O–H groups in total. The summed E-state index contributed by atoms with van der Waals surface area (Å²) in [6.45, 7) is 4.10. The van der Waals surface area contributed by atoms with Crippen molar-refractivity contribution in [2.75, 3.05) is 11.9 Å². The molecule has 0 spiro atoms. The molecule has 1 atom stereocenters. The quantitative estimate of drug-likeness (QED) is 0.699. The molecule has 134 valence electrons. The molecule has 0 radical (unpaired) electrons. The molecule has 26 heavy (non-hydrogen) atoms. The average molecular weight is 353 g/mol. The minimum Gasteiger partial charge on any atom is -0.492 e. The number of carbonyl (C=O) groups excluding carboxylic acids is 1. The van der Waals surface area contributed by atoms with Gasteiger partial charge in [-0.3, -0.25) is 4.79 Å². The number of amides is 1. The summed E-state index contributed by atoms with van der Waals surface area (Å²) in [5.41, 5.74) is 1.39. The Morgan fingerprint density at radius 2 is 1.96 bits per heavy atom. The molecule has 2 aromatic carbocycles. The van der Waals surface area contributed by atoms with Gasteiger partial charge >= 0.3 is 0 Å². The summed E-state index contributed by atoms with van der Waals surface area (Å²) < 4.78 is 16.3. The molecule has 0 bridgehead atoms. The number of hydrogen-bond donors (Lipinski definition) is 1. The number of nitrogens with one attached hydrogen (secondary N) is 1. The van der Waals surface area contributed by atoms with Crippen LogP contribution in [-0.4, -0.2) is 28.8 Å². The SMILES string of the molecule is CCOc1ccccc1NC(=O)[C@@H](C)Oc1ccc(-c2nnco2)cc1. The van der Waals surface area contributed by atoms with Gasteiger partial charge in [-0.05, 0) is 50.2 Å². The third kappa shape index (κ3) is 4.18. The fourth-order valence-corrected chi connectivity index (χ4v) is 2.32. The second-order valence-corrected chi connectivity index (χ2v) is 5.45. The van der Waals surface area contributed by atoms with Gasteiger partial charge in [-0.1, -0.05) is 12.1 Å². The molecule has 0 fully saturated rings. The monoisotopic (exact) mass is 353 g/mol. The number of ether oxygens (including phenoxy) is 2. The Labute approximate surface area is 151 Å². The molecule has 1 amide bonds. The van der Waals surface area contributed by atoms with Crippen LogP contribution in [0.25, 0.3) is 11.5 Å². The molecule has 3 rings (SSSR count). The van der Waals surface area contributed by atoms with Crippen LogP contribution in [0.5, 0.6) is 11.5 Å². The van der Waals surface area contributed by atoms with E-state index in [0.717, 1.165) is 5.56 Å². The van der Waals surface area contributed by atoms with E-state index in [9.17, 15) is 4.79 Å². The number of hydrogen-bond acceptors (Lipinski definition) is 6. The van der Waals surface area contributed by atoms with Gasteiger partial charge in [0.2, 0.25) is 12.3 Å². The fraction of sp³-hybridized carbons (Fsp3) is 0.211. The predicted molar refractivity (Wildman–Crippen MR) is 96.1 cm³/mol. The zero-order valence-corrected chi connectivity index (χ0v) is 14.5. The molecule has 0 aliphatic heterocycles. The van der Waals surface area contributed by atoms with E-state index in [2.05, 4.69) is 15.5 Å². The first-order valence-corrected chi connectivity index (χ1v) is 8.23. The Kier molecular flexibility index (Phi) is 5.48. The maximum atomic E-state index is 12.4. The molecule has 0 aliphatic carbocycles. The molecule has 0 saturated carbocycles. The first kappa shape index (κ1) is 17.5. The zero-order valence-electron chi connectivity index (χ0n) is 14.5. The van der Waals surface area contributed by atoms with Crippen molar-refractivity contribution in [3.05, 3.63) is 54.9 Å². The van der Waals surface area contributed by atoms with Crippen LogP contribution in [0.4, 0.5) is 5.69 Å². The van der Waals surface area contributed by atoms with E-state index < -0.39 is 6.10 Å². The van der Waals surface area contributed by atoms with E-state index >= 15 is 0 Å². The van der Waals surface area contributed by atoms with Gasteiger partial charge in [-0.25, -0.2) is 0 Å². The molecule has 7 heteroatoms. The Morgan fingerprint density at radius 3 is 2.65 bits per heavy atom. The van der Waals surface area contributed by atoms with E-state index in [1.165, 1.54) is 6.39 Å². The lowest BCUT2D eigenvalue weighted by Gasteiger charge is -2.16. The minimum absolute atomic E-state index is 0.266. The van der Waals surface area contributed by atoms with Crippen LogP contribution >= 0.6 is 0 Å².